The van der Waals surface area contributed by atoms with Crippen molar-refractivity contribution in [3.8, 4) is 0 Å². The van der Waals surface area contributed by atoms with E-state index in [9.17, 15) is 5.21 Å². The maximum Gasteiger partial charge on any atom is 0.148 e. The van der Waals surface area contributed by atoms with Crippen molar-refractivity contribution in [3.63, 3.8) is 0 Å². The summed E-state index contributed by atoms with van der Waals surface area (Å²) >= 11 is 0. The average Bonchev–Trinajstić information content (AvgIpc) is 1.65. The van der Waals surface area contributed by atoms with E-state index in [0.29, 0.717) is 17.0 Å². The van der Waals surface area contributed by atoms with Crippen LogP contribution in [0.1, 0.15) is 6.42 Å². The quantitative estimate of drug-likeness (QED) is 0.406. The maximum absolute atomic E-state index is 10.3. The zero-order valence-corrected chi connectivity index (χ0v) is 6.26. The predicted molar refractivity (Wildman–Crippen MR) is 29.5 cm³/mol. The molecule has 0 amide bonds. The Kier molecular flexibility index (Phi) is 1.43. The summed E-state index contributed by atoms with van der Waals surface area (Å²) in [5.41, 5.74) is 0. The molecule has 0 aliphatic carbocycles. The van der Waals surface area contributed by atoms with Crippen LogP contribution in [0.4, 0.5) is 0 Å². The molecule has 0 bridgehead atoms. The van der Waals surface area contributed by atoms with E-state index in [1.165, 1.54) is 0 Å². The average molecular weight is 118 g/mol. The molecule has 3 nitrogen and oxygen atoms in total. The van der Waals surface area contributed by atoms with Crippen molar-refractivity contribution in [1.82, 2.24) is 5.06 Å². The number of rotatable bonds is 1. The van der Waals surface area contributed by atoms with Gasteiger partial charge >= 0.3 is 0 Å². The first-order chi connectivity index (χ1) is 3.34. The smallest absolute Gasteiger partial charge is 0.148 e. The van der Waals surface area contributed by atoms with E-state index in [2.05, 4.69) is 0 Å². The van der Waals surface area contributed by atoms with E-state index in [1.54, 1.807) is 0 Å². The Labute approximate surface area is 45.4 Å². The standard InChI is InChI=1S/C3H8NO2Si/c5-4-2-1-3(4)6-7/h3H,1-2H2,7H3/q-1. The van der Waals surface area contributed by atoms with Crippen molar-refractivity contribution in [1.29, 1.82) is 0 Å². The Balaban J connectivity index is 2.16. The van der Waals surface area contributed by atoms with Crippen molar-refractivity contribution in [3.05, 3.63) is 5.21 Å². The summed E-state index contributed by atoms with van der Waals surface area (Å²) in [5, 5.41) is 11.2. The highest BCUT2D eigenvalue weighted by molar-refractivity contribution is 5.98. The molecule has 1 unspecified atom stereocenters. The summed E-state index contributed by atoms with van der Waals surface area (Å²) < 4.78 is 4.85. The monoisotopic (exact) mass is 118 g/mol. The molecule has 4 heteroatoms. The second kappa shape index (κ2) is 1.91. The van der Waals surface area contributed by atoms with Crippen LogP contribution in [0.15, 0.2) is 0 Å². The van der Waals surface area contributed by atoms with Crippen molar-refractivity contribution in [2.75, 3.05) is 6.54 Å². The molecule has 0 aromatic heterocycles. The fourth-order valence-electron chi connectivity index (χ4n) is 0.575. The van der Waals surface area contributed by atoms with Gasteiger partial charge in [0.05, 0.1) is 6.23 Å². The van der Waals surface area contributed by atoms with Gasteiger partial charge in [0.1, 0.15) is 10.5 Å². The zero-order valence-electron chi connectivity index (χ0n) is 4.26. The summed E-state index contributed by atoms with van der Waals surface area (Å²) in [5.74, 6) is 0. The third-order valence-corrected chi connectivity index (χ3v) is 1.73. The van der Waals surface area contributed by atoms with E-state index < -0.39 is 0 Å². The number of hydrogen-bond donors (Lipinski definition) is 0. The lowest BCUT2D eigenvalue weighted by Gasteiger charge is -2.45. The maximum atomic E-state index is 10.3. The van der Waals surface area contributed by atoms with Gasteiger partial charge in [0.25, 0.3) is 0 Å². The van der Waals surface area contributed by atoms with E-state index in [1.807, 2.05) is 0 Å². The van der Waals surface area contributed by atoms with Crippen LogP contribution in [0.3, 0.4) is 0 Å². The van der Waals surface area contributed by atoms with E-state index >= 15 is 0 Å². The predicted octanol–water partition coefficient (Wildman–Crippen LogP) is -1.19. The van der Waals surface area contributed by atoms with Gasteiger partial charge in [0.2, 0.25) is 0 Å². The molecule has 42 valence electrons. The first-order valence-corrected chi connectivity index (χ1v) is 3.13. The fourth-order valence-corrected chi connectivity index (χ4v) is 1.05. The Morgan fingerprint density at radius 2 is 2.57 bits per heavy atom. The van der Waals surface area contributed by atoms with Crippen molar-refractivity contribution in [2.45, 2.75) is 12.6 Å². The van der Waals surface area contributed by atoms with Gasteiger partial charge in [-0.05, 0) is 13.0 Å². The summed E-state index contributed by atoms with van der Waals surface area (Å²) in [7, 11) is 0.680. The van der Waals surface area contributed by atoms with Gasteiger partial charge < -0.3 is 14.7 Å². The van der Waals surface area contributed by atoms with Gasteiger partial charge in [-0.25, -0.2) is 0 Å². The van der Waals surface area contributed by atoms with Gasteiger partial charge in [0, 0.05) is 0 Å². The topological polar surface area (TPSA) is 35.5 Å². The third kappa shape index (κ3) is 0.831. The van der Waals surface area contributed by atoms with E-state index in [-0.39, 0.29) is 6.23 Å². The van der Waals surface area contributed by atoms with Crippen LogP contribution >= 0.6 is 0 Å². The molecule has 0 N–H and O–H groups in total. The molecule has 0 saturated carbocycles. The third-order valence-electron chi connectivity index (χ3n) is 1.19. The molecule has 0 aromatic rings. The van der Waals surface area contributed by atoms with Crippen molar-refractivity contribution < 1.29 is 4.43 Å². The minimum absolute atomic E-state index is 0.0772. The molecule has 1 heterocycles. The van der Waals surface area contributed by atoms with Crippen LogP contribution in [0.2, 0.25) is 0 Å². The Hall–Kier alpha value is 0.0969. The lowest BCUT2D eigenvalue weighted by Crippen LogP contribution is -2.44. The molecule has 1 saturated heterocycles. The van der Waals surface area contributed by atoms with Gasteiger partial charge in [-0.3, -0.25) is 0 Å². The molecular formula is C3H8NO2Si-. The highest BCUT2D eigenvalue weighted by Crippen LogP contribution is 2.13. The van der Waals surface area contributed by atoms with Crippen LogP contribution in [-0.4, -0.2) is 28.3 Å². The lowest BCUT2D eigenvalue weighted by molar-refractivity contribution is -0.0129. The number of hydrogen-bond acceptors (Lipinski definition) is 3. The Morgan fingerprint density at radius 1 is 1.86 bits per heavy atom. The molecule has 0 radical (unpaired) electrons. The Bertz CT molecular complexity index is 68.0. The summed E-state index contributed by atoms with van der Waals surface area (Å²) in [6, 6.07) is 0. The van der Waals surface area contributed by atoms with Crippen molar-refractivity contribution >= 4 is 10.5 Å². The highest BCUT2D eigenvalue weighted by Gasteiger charge is 2.17. The van der Waals surface area contributed by atoms with Crippen LogP contribution < -0.4 is 0 Å². The minimum Gasteiger partial charge on any atom is -0.783 e. The molecule has 1 fully saturated rings. The molecule has 1 atom stereocenters. The molecule has 1 rings (SSSR count). The molecule has 7 heavy (non-hydrogen) atoms. The van der Waals surface area contributed by atoms with Crippen LogP contribution in [0, 0.1) is 5.21 Å². The molecule has 1 aliphatic rings. The largest absolute Gasteiger partial charge is 0.783 e. The number of hydroxylamine groups is 2. The minimum atomic E-state index is -0.0772. The normalized spacial score (nSPS) is 33.0. The van der Waals surface area contributed by atoms with Gasteiger partial charge in [-0.15, -0.1) is 0 Å². The SMILES string of the molecule is [O-]N1CCC1O[SiH3]. The lowest BCUT2D eigenvalue weighted by atomic mass is 10.2. The van der Waals surface area contributed by atoms with Gasteiger partial charge in [-0.1, -0.05) is 0 Å². The van der Waals surface area contributed by atoms with Gasteiger partial charge in [-0.2, -0.15) is 0 Å². The summed E-state index contributed by atoms with van der Waals surface area (Å²) in [6.07, 6.45) is 0.846. The fraction of sp³-hybridized carbons (Fsp3) is 1.00. The van der Waals surface area contributed by atoms with Crippen molar-refractivity contribution in [2.24, 2.45) is 0 Å². The van der Waals surface area contributed by atoms with Gasteiger partial charge in [0.15, 0.2) is 0 Å². The van der Waals surface area contributed by atoms with Crippen LogP contribution in [-0.2, 0) is 4.43 Å². The second-order valence-electron chi connectivity index (χ2n) is 1.62. The first-order valence-electron chi connectivity index (χ1n) is 2.31. The van der Waals surface area contributed by atoms with E-state index in [0.717, 1.165) is 11.5 Å². The summed E-state index contributed by atoms with van der Waals surface area (Å²) in [6.45, 7) is 0.660. The first kappa shape index (κ1) is 5.24. The van der Waals surface area contributed by atoms with Crippen LogP contribution in [0.5, 0.6) is 0 Å². The molecular weight excluding hydrogens is 110 g/mol. The molecule has 0 spiro atoms. The summed E-state index contributed by atoms with van der Waals surface area (Å²) in [4.78, 5) is 0. The number of nitrogens with zero attached hydrogens (tertiary/aromatic N) is 1. The van der Waals surface area contributed by atoms with Crippen LogP contribution in [0.25, 0.3) is 0 Å². The highest BCUT2D eigenvalue weighted by atomic mass is 28.2. The molecule has 1 aliphatic heterocycles. The van der Waals surface area contributed by atoms with E-state index in [4.69, 9.17) is 4.43 Å². The molecule has 0 aromatic carbocycles. The zero-order chi connectivity index (χ0) is 5.28. The Morgan fingerprint density at radius 3 is 2.57 bits per heavy atom. The second-order valence-corrected chi connectivity index (χ2v) is 2.09.